The predicted molar refractivity (Wildman–Crippen MR) is 77.7 cm³/mol. The van der Waals surface area contributed by atoms with Crippen LogP contribution in [0.1, 0.15) is 43.2 Å². The van der Waals surface area contributed by atoms with Crippen molar-refractivity contribution in [3.8, 4) is 0 Å². The van der Waals surface area contributed by atoms with E-state index in [0.717, 1.165) is 6.54 Å². The monoisotopic (exact) mass is 257 g/mol. The Morgan fingerprint density at radius 2 is 2.19 bits per heavy atom. The van der Waals surface area contributed by atoms with Crippen molar-refractivity contribution >= 4 is 23.1 Å². The van der Waals surface area contributed by atoms with Gasteiger partial charge in [-0.25, -0.2) is 0 Å². The Balaban J connectivity index is 2.53. The van der Waals surface area contributed by atoms with Crippen LogP contribution >= 0.6 is 23.1 Å². The molecule has 0 saturated carbocycles. The van der Waals surface area contributed by atoms with Gasteiger partial charge in [-0.2, -0.15) is 11.8 Å². The molecule has 0 saturated heterocycles. The van der Waals surface area contributed by atoms with Crippen molar-refractivity contribution in [2.45, 2.75) is 39.7 Å². The summed E-state index contributed by atoms with van der Waals surface area (Å²) < 4.78 is 0. The number of thioether (sulfide) groups is 1. The standard InChI is InChI=1S/C13H23NS2/c1-4-7-14-13(10-15-8-5-2)12-6-9-16-11(12)3/h6,9,13-14H,4-5,7-8,10H2,1-3H3. The Bertz CT molecular complexity index is 283. The van der Waals surface area contributed by atoms with Crippen molar-refractivity contribution in [1.82, 2.24) is 5.32 Å². The number of thiophene rings is 1. The predicted octanol–water partition coefficient (Wildman–Crippen LogP) is 4.24. The van der Waals surface area contributed by atoms with Gasteiger partial charge in [-0.3, -0.25) is 0 Å². The summed E-state index contributed by atoms with van der Waals surface area (Å²) in [5.74, 6) is 2.47. The van der Waals surface area contributed by atoms with Gasteiger partial charge in [0.1, 0.15) is 0 Å². The molecule has 0 fully saturated rings. The Morgan fingerprint density at radius 1 is 1.38 bits per heavy atom. The maximum absolute atomic E-state index is 3.66. The Labute approximate surface area is 108 Å². The van der Waals surface area contributed by atoms with Crippen LogP contribution in [0.5, 0.6) is 0 Å². The van der Waals surface area contributed by atoms with Gasteiger partial charge in [0.15, 0.2) is 0 Å². The van der Waals surface area contributed by atoms with E-state index < -0.39 is 0 Å². The lowest BCUT2D eigenvalue weighted by atomic mass is 10.1. The molecule has 0 aliphatic heterocycles. The van der Waals surface area contributed by atoms with Crippen LogP contribution in [0.4, 0.5) is 0 Å². The van der Waals surface area contributed by atoms with E-state index in [1.807, 2.05) is 11.3 Å². The molecule has 1 aromatic rings. The average Bonchev–Trinajstić information content (AvgIpc) is 2.70. The molecule has 1 unspecified atom stereocenters. The van der Waals surface area contributed by atoms with E-state index in [2.05, 4.69) is 49.3 Å². The molecule has 0 bridgehead atoms. The molecular formula is C13H23NS2. The molecule has 3 heteroatoms. The van der Waals surface area contributed by atoms with E-state index in [0.29, 0.717) is 6.04 Å². The molecule has 92 valence electrons. The first-order chi connectivity index (χ1) is 7.79. The molecule has 1 atom stereocenters. The van der Waals surface area contributed by atoms with Crippen LogP contribution in [0.15, 0.2) is 11.4 Å². The summed E-state index contributed by atoms with van der Waals surface area (Å²) in [6.45, 7) is 7.82. The fourth-order valence-corrected chi connectivity index (χ4v) is 3.43. The minimum absolute atomic E-state index is 0.544. The van der Waals surface area contributed by atoms with Crippen molar-refractivity contribution in [3.63, 3.8) is 0 Å². The molecule has 0 aliphatic rings. The van der Waals surface area contributed by atoms with Gasteiger partial charge in [0.2, 0.25) is 0 Å². The molecule has 1 rings (SSSR count). The highest BCUT2D eigenvalue weighted by molar-refractivity contribution is 7.99. The van der Waals surface area contributed by atoms with Crippen LogP contribution in [0.3, 0.4) is 0 Å². The highest BCUT2D eigenvalue weighted by atomic mass is 32.2. The van der Waals surface area contributed by atoms with Gasteiger partial charge in [-0.1, -0.05) is 13.8 Å². The van der Waals surface area contributed by atoms with Crippen LogP contribution < -0.4 is 5.32 Å². The maximum atomic E-state index is 3.66. The number of rotatable bonds is 8. The van der Waals surface area contributed by atoms with Crippen LogP contribution in [-0.4, -0.2) is 18.1 Å². The van der Waals surface area contributed by atoms with Gasteiger partial charge in [0.25, 0.3) is 0 Å². The second-order valence-electron chi connectivity index (χ2n) is 4.01. The molecule has 0 aliphatic carbocycles. The normalized spacial score (nSPS) is 12.9. The van der Waals surface area contributed by atoms with Crippen molar-refractivity contribution in [2.75, 3.05) is 18.1 Å². The van der Waals surface area contributed by atoms with E-state index in [1.165, 1.54) is 34.8 Å². The van der Waals surface area contributed by atoms with Gasteiger partial charge in [0, 0.05) is 16.7 Å². The van der Waals surface area contributed by atoms with E-state index in [4.69, 9.17) is 0 Å². The molecule has 1 aromatic heterocycles. The highest BCUT2D eigenvalue weighted by Gasteiger charge is 2.13. The third kappa shape index (κ3) is 4.48. The van der Waals surface area contributed by atoms with E-state index in [9.17, 15) is 0 Å². The smallest absolute Gasteiger partial charge is 0.0422 e. The van der Waals surface area contributed by atoms with E-state index in [-0.39, 0.29) is 0 Å². The zero-order chi connectivity index (χ0) is 11.8. The largest absolute Gasteiger partial charge is 0.309 e. The van der Waals surface area contributed by atoms with Crippen LogP contribution in [0.25, 0.3) is 0 Å². The lowest BCUT2D eigenvalue weighted by Gasteiger charge is -2.18. The third-order valence-corrected chi connectivity index (χ3v) is 4.68. The average molecular weight is 257 g/mol. The first-order valence-corrected chi connectivity index (χ1v) is 8.18. The fourth-order valence-electron chi connectivity index (χ4n) is 1.68. The molecule has 0 aromatic carbocycles. The van der Waals surface area contributed by atoms with Crippen molar-refractivity contribution in [1.29, 1.82) is 0 Å². The molecule has 1 N–H and O–H groups in total. The number of hydrogen-bond acceptors (Lipinski definition) is 3. The highest BCUT2D eigenvalue weighted by Crippen LogP contribution is 2.25. The van der Waals surface area contributed by atoms with Crippen molar-refractivity contribution < 1.29 is 0 Å². The Morgan fingerprint density at radius 3 is 2.75 bits per heavy atom. The third-order valence-electron chi connectivity index (χ3n) is 2.55. The van der Waals surface area contributed by atoms with E-state index in [1.54, 1.807) is 0 Å². The van der Waals surface area contributed by atoms with Gasteiger partial charge in [-0.15, -0.1) is 11.3 Å². The van der Waals surface area contributed by atoms with E-state index >= 15 is 0 Å². The lowest BCUT2D eigenvalue weighted by molar-refractivity contribution is 0.577. The van der Waals surface area contributed by atoms with Crippen LogP contribution in [0, 0.1) is 6.92 Å². The molecule has 0 spiro atoms. The summed E-state index contributed by atoms with van der Waals surface area (Å²) in [7, 11) is 0. The number of aryl methyl sites for hydroxylation is 1. The second kappa shape index (κ2) is 8.15. The quantitative estimate of drug-likeness (QED) is 0.699. The zero-order valence-electron chi connectivity index (χ0n) is 10.6. The zero-order valence-corrected chi connectivity index (χ0v) is 12.2. The second-order valence-corrected chi connectivity index (χ2v) is 6.28. The summed E-state index contributed by atoms with van der Waals surface area (Å²) >= 11 is 3.92. The summed E-state index contributed by atoms with van der Waals surface area (Å²) in [6, 6.07) is 2.82. The molecule has 16 heavy (non-hydrogen) atoms. The number of nitrogens with one attached hydrogen (secondary N) is 1. The van der Waals surface area contributed by atoms with Gasteiger partial charge >= 0.3 is 0 Å². The molecule has 1 nitrogen and oxygen atoms in total. The maximum Gasteiger partial charge on any atom is 0.0422 e. The molecule has 0 radical (unpaired) electrons. The Kier molecular flexibility index (Phi) is 7.17. The SMILES string of the molecule is CCCNC(CSCCC)c1ccsc1C. The first kappa shape index (κ1) is 14.1. The first-order valence-electron chi connectivity index (χ1n) is 6.14. The number of hydrogen-bond donors (Lipinski definition) is 1. The Hall–Kier alpha value is 0.01000. The van der Waals surface area contributed by atoms with Crippen molar-refractivity contribution in [2.24, 2.45) is 0 Å². The molecular weight excluding hydrogens is 234 g/mol. The fraction of sp³-hybridized carbons (Fsp3) is 0.692. The summed E-state index contributed by atoms with van der Waals surface area (Å²) in [4.78, 5) is 1.46. The lowest BCUT2D eigenvalue weighted by Crippen LogP contribution is -2.24. The van der Waals surface area contributed by atoms with Crippen LogP contribution in [-0.2, 0) is 0 Å². The topological polar surface area (TPSA) is 12.0 Å². The molecule has 0 amide bonds. The van der Waals surface area contributed by atoms with Gasteiger partial charge in [-0.05, 0) is 49.1 Å². The summed E-state index contributed by atoms with van der Waals surface area (Å²) in [5.41, 5.74) is 1.50. The summed E-state index contributed by atoms with van der Waals surface area (Å²) in [5, 5.41) is 5.86. The summed E-state index contributed by atoms with van der Waals surface area (Å²) in [6.07, 6.45) is 2.48. The minimum atomic E-state index is 0.544. The van der Waals surface area contributed by atoms with Gasteiger partial charge < -0.3 is 5.32 Å². The van der Waals surface area contributed by atoms with Gasteiger partial charge in [0.05, 0.1) is 0 Å². The van der Waals surface area contributed by atoms with Crippen molar-refractivity contribution in [3.05, 3.63) is 21.9 Å². The minimum Gasteiger partial charge on any atom is -0.309 e. The molecule has 1 heterocycles. The van der Waals surface area contributed by atoms with Crippen LogP contribution in [0.2, 0.25) is 0 Å².